The molecule has 0 saturated heterocycles. The number of carbonyl (C=O) groups is 1. The van der Waals surface area contributed by atoms with E-state index in [-0.39, 0.29) is 23.3 Å². The van der Waals surface area contributed by atoms with Crippen molar-refractivity contribution >= 4 is 23.3 Å². The lowest BCUT2D eigenvalue weighted by Crippen LogP contribution is -2.36. The summed E-state index contributed by atoms with van der Waals surface area (Å²) in [6, 6.07) is 4.54. The Labute approximate surface area is 179 Å². The molecule has 11 nitrogen and oxygen atoms in total. The van der Waals surface area contributed by atoms with Crippen LogP contribution < -0.4 is 15.4 Å². The number of nitrogens with one attached hydrogen (secondary N) is 2. The molecule has 1 unspecified atom stereocenters. The highest BCUT2D eigenvalue weighted by molar-refractivity contribution is 5.68. The number of hydrogen-bond acceptors (Lipinski definition) is 9. The van der Waals surface area contributed by atoms with Crippen LogP contribution in [0.25, 0.3) is 0 Å². The van der Waals surface area contributed by atoms with Crippen LogP contribution in [0.4, 0.5) is 22.0 Å². The topological polar surface area (TPSA) is 138 Å². The molecule has 3 rings (SSSR count). The van der Waals surface area contributed by atoms with Gasteiger partial charge in [0, 0.05) is 30.2 Å². The number of amides is 1. The third-order valence-electron chi connectivity index (χ3n) is 4.37. The first-order valence-corrected chi connectivity index (χ1v) is 9.66. The lowest BCUT2D eigenvalue weighted by atomic mass is 9.98. The van der Waals surface area contributed by atoms with E-state index >= 15 is 0 Å². The first kappa shape index (κ1) is 22.2. The minimum atomic E-state index is -0.583. The molecule has 0 radical (unpaired) electrons. The number of nitrogens with zero attached hydrogens (tertiary/aromatic N) is 3. The van der Waals surface area contributed by atoms with E-state index in [1.165, 1.54) is 19.2 Å². The largest absolute Gasteiger partial charge is 0.481 e. The summed E-state index contributed by atoms with van der Waals surface area (Å²) < 4.78 is 16.0. The molecule has 11 heteroatoms. The van der Waals surface area contributed by atoms with Gasteiger partial charge in [-0.1, -0.05) is 0 Å². The molecule has 0 spiro atoms. The summed E-state index contributed by atoms with van der Waals surface area (Å²) in [5.41, 5.74) is 1.36. The second-order valence-electron chi connectivity index (χ2n) is 7.97. The van der Waals surface area contributed by atoms with Gasteiger partial charge in [0.2, 0.25) is 11.7 Å². The molecule has 2 aromatic rings. The van der Waals surface area contributed by atoms with Crippen molar-refractivity contribution in [1.29, 1.82) is 0 Å². The van der Waals surface area contributed by atoms with Crippen LogP contribution in [-0.2, 0) is 16.1 Å². The molecule has 1 amide bonds. The van der Waals surface area contributed by atoms with Crippen molar-refractivity contribution in [3.8, 4) is 5.88 Å². The molecule has 1 atom stereocenters. The fourth-order valence-corrected chi connectivity index (χ4v) is 3.06. The molecule has 0 aromatic carbocycles. The van der Waals surface area contributed by atoms with Crippen LogP contribution in [0.15, 0.2) is 24.4 Å². The zero-order valence-corrected chi connectivity index (χ0v) is 17.8. The first-order chi connectivity index (χ1) is 14.7. The fourth-order valence-electron chi connectivity index (χ4n) is 3.06. The van der Waals surface area contributed by atoms with Crippen molar-refractivity contribution in [2.45, 2.75) is 38.9 Å². The summed E-state index contributed by atoms with van der Waals surface area (Å²) in [6.45, 7) is 6.44. The van der Waals surface area contributed by atoms with Crippen LogP contribution in [0.5, 0.6) is 5.88 Å². The van der Waals surface area contributed by atoms with Crippen LogP contribution in [0.2, 0.25) is 0 Å². The lowest BCUT2D eigenvalue weighted by Gasteiger charge is -2.26. The van der Waals surface area contributed by atoms with Crippen LogP contribution in [-0.4, -0.2) is 46.8 Å². The van der Waals surface area contributed by atoms with Gasteiger partial charge in [-0.05, 0) is 26.8 Å². The number of anilines is 2. The van der Waals surface area contributed by atoms with Crippen molar-refractivity contribution in [3.63, 3.8) is 0 Å². The Morgan fingerprint density at radius 1 is 1.39 bits per heavy atom. The molecule has 31 heavy (non-hydrogen) atoms. The second kappa shape index (κ2) is 9.13. The van der Waals surface area contributed by atoms with E-state index in [2.05, 4.69) is 20.6 Å². The van der Waals surface area contributed by atoms with Gasteiger partial charge in [0.15, 0.2) is 0 Å². The molecule has 3 heterocycles. The zero-order valence-electron chi connectivity index (χ0n) is 17.8. The predicted octanol–water partition coefficient (Wildman–Crippen LogP) is 3.28. The number of nitro groups is 1. The molecule has 0 aliphatic carbocycles. The second-order valence-corrected chi connectivity index (χ2v) is 7.97. The third-order valence-corrected chi connectivity index (χ3v) is 4.37. The molecule has 2 N–H and O–H groups in total. The monoisotopic (exact) mass is 431 g/mol. The van der Waals surface area contributed by atoms with Gasteiger partial charge in [-0.2, -0.15) is 4.98 Å². The van der Waals surface area contributed by atoms with Crippen LogP contribution in [0.1, 0.15) is 37.9 Å². The highest BCUT2D eigenvalue weighted by Crippen LogP contribution is 2.31. The van der Waals surface area contributed by atoms with Crippen molar-refractivity contribution < 1.29 is 23.9 Å². The van der Waals surface area contributed by atoms with Gasteiger partial charge in [0.25, 0.3) is 0 Å². The van der Waals surface area contributed by atoms with E-state index in [1.54, 1.807) is 33.0 Å². The molecular weight excluding hydrogens is 406 g/mol. The van der Waals surface area contributed by atoms with Gasteiger partial charge >= 0.3 is 11.8 Å². The minimum Gasteiger partial charge on any atom is -0.481 e. The van der Waals surface area contributed by atoms with E-state index in [0.717, 1.165) is 11.3 Å². The van der Waals surface area contributed by atoms with Gasteiger partial charge in [0.05, 0.1) is 42.8 Å². The molecular formula is C20H25N5O6. The molecule has 166 valence electrons. The van der Waals surface area contributed by atoms with E-state index in [0.29, 0.717) is 25.4 Å². The van der Waals surface area contributed by atoms with Crippen LogP contribution in [0, 0.1) is 10.1 Å². The lowest BCUT2D eigenvalue weighted by molar-refractivity contribution is -0.384. The first-order valence-electron chi connectivity index (χ1n) is 9.66. The SMILES string of the molecule is COc1ccc([N+](=O)[O-])c(Nc2cnc3c(c2)COCC3CNC(=O)OC(C)(C)C)n1. The maximum atomic E-state index is 11.9. The maximum absolute atomic E-state index is 11.9. The predicted molar refractivity (Wildman–Crippen MR) is 112 cm³/mol. The van der Waals surface area contributed by atoms with E-state index < -0.39 is 16.6 Å². The zero-order chi connectivity index (χ0) is 22.6. The van der Waals surface area contributed by atoms with Crippen molar-refractivity contribution in [1.82, 2.24) is 15.3 Å². The number of rotatable bonds is 6. The number of carbonyl (C=O) groups excluding carboxylic acids is 1. The molecule has 2 aromatic heterocycles. The number of methoxy groups -OCH3 is 1. The maximum Gasteiger partial charge on any atom is 0.407 e. The normalized spacial score (nSPS) is 15.5. The quantitative estimate of drug-likeness (QED) is 0.521. The number of aromatic nitrogens is 2. The number of alkyl carbamates (subject to hydrolysis) is 1. The number of pyridine rings is 2. The standard InChI is InChI=1S/C20H25N5O6/c1-20(2,3)31-19(26)22-8-13-11-30-10-12-7-14(9-21-17(12)13)23-18-15(25(27)28)5-6-16(24-18)29-4/h5-7,9,13H,8,10-11H2,1-4H3,(H,22,26)(H,23,24). The summed E-state index contributed by atoms with van der Waals surface area (Å²) in [5.74, 6) is 0.149. The van der Waals surface area contributed by atoms with Crippen LogP contribution in [0.3, 0.4) is 0 Å². The average Bonchev–Trinajstić information content (AvgIpc) is 2.70. The minimum absolute atomic E-state index is 0.0472. The Balaban J connectivity index is 1.75. The summed E-state index contributed by atoms with van der Waals surface area (Å²) in [4.78, 5) is 31.3. The van der Waals surface area contributed by atoms with E-state index in [4.69, 9.17) is 14.2 Å². The van der Waals surface area contributed by atoms with Crippen LogP contribution >= 0.6 is 0 Å². The van der Waals surface area contributed by atoms with E-state index in [9.17, 15) is 14.9 Å². The Bertz CT molecular complexity index is 975. The smallest absolute Gasteiger partial charge is 0.407 e. The Morgan fingerprint density at radius 2 is 2.16 bits per heavy atom. The Kier molecular flexibility index (Phi) is 6.54. The van der Waals surface area contributed by atoms with Gasteiger partial charge < -0.3 is 24.8 Å². The molecule has 1 aliphatic rings. The number of fused-ring (bicyclic) bond motifs is 1. The highest BCUT2D eigenvalue weighted by atomic mass is 16.6. The summed E-state index contributed by atoms with van der Waals surface area (Å²) in [5, 5.41) is 17.0. The molecule has 1 aliphatic heterocycles. The average molecular weight is 431 g/mol. The Hall–Kier alpha value is -3.47. The fraction of sp³-hybridized carbons (Fsp3) is 0.450. The molecule has 0 fully saturated rings. The summed E-state index contributed by atoms with van der Waals surface area (Å²) in [6.07, 6.45) is 1.06. The number of ether oxygens (including phenoxy) is 3. The highest BCUT2D eigenvalue weighted by Gasteiger charge is 2.25. The molecule has 0 saturated carbocycles. The summed E-state index contributed by atoms with van der Waals surface area (Å²) >= 11 is 0. The van der Waals surface area contributed by atoms with Gasteiger partial charge in [-0.25, -0.2) is 4.79 Å². The summed E-state index contributed by atoms with van der Waals surface area (Å²) in [7, 11) is 1.43. The van der Waals surface area contributed by atoms with Gasteiger partial charge in [-0.15, -0.1) is 0 Å². The van der Waals surface area contributed by atoms with Crippen molar-refractivity contribution in [2.75, 3.05) is 25.6 Å². The van der Waals surface area contributed by atoms with Gasteiger partial charge in [0.1, 0.15) is 5.60 Å². The van der Waals surface area contributed by atoms with Gasteiger partial charge in [-0.3, -0.25) is 15.1 Å². The van der Waals surface area contributed by atoms with E-state index in [1.807, 2.05) is 0 Å². The Morgan fingerprint density at radius 3 is 2.84 bits per heavy atom. The molecule has 0 bridgehead atoms. The van der Waals surface area contributed by atoms with Crippen molar-refractivity contribution in [2.24, 2.45) is 0 Å². The number of hydrogen-bond donors (Lipinski definition) is 2. The third kappa shape index (κ3) is 5.79. The van der Waals surface area contributed by atoms with Crippen molar-refractivity contribution in [3.05, 3.63) is 45.8 Å².